The molecule has 96 valence electrons. The minimum Gasteiger partial charge on any atom is -0.394 e. The summed E-state index contributed by atoms with van der Waals surface area (Å²) >= 11 is 0. The number of nitrogens with zero attached hydrogens (tertiary/aromatic N) is 1. The lowest BCUT2D eigenvalue weighted by Crippen LogP contribution is -2.55. The highest BCUT2D eigenvalue weighted by Gasteiger charge is 2.31. The van der Waals surface area contributed by atoms with Crippen molar-refractivity contribution in [2.24, 2.45) is 0 Å². The van der Waals surface area contributed by atoms with Gasteiger partial charge in [0.15, 0.2) is 0 Å². The predicted molar refractivity (Wildman–Crippen MR) is 65.7 cm³/mol. The summed E-state index contributed by atoms with van der Waals surface area (Å²) in [6.07, 6.45) is 2.06. The first-order chi connectivity index (χ1) is 7.76. The molecule has 0 aliphatic carbocycles. The van der Waals surface area contributed by atoms with Gasteiger partial charge in [0.1, 0.15) is 0 Å². The molecule has 0 bridgehead atoms. The number of likely N-dealkylation sites (N-methyl/N-ethyl adjacent to an activating group) is 1. The Bertz CT molecular complexity index is 178. The smallest absolute Gasteiger partial charge is 0.0670 e. The topological polar surface area (TPSA) is 44.7 Å². The molecule has 1 rings (SSSR count). The van der Waals surface area contributed by atoms with Gasteiger partial charge in [-0.05, 0) is 25.9 Å². The SMILES string of the molecule is CCN(CC)CCNC1(CO)CCCOC1. The van der Waals surface area contributed by atoms with E-state index in [0.717, 1.165) is 45.6 Å². The van der Waals surface area contributed by atoms with Crippen molar-refractivity contribution in [2.45, 2.75) is 32.2 Å². The Labute approximate surface area is 99.0 Å². The normalized spacial score (nSPS) is 26.2. The van der Waals surface area contributed by atoms with Crippen LogP contribution in [0, 0.1) is 0 Å². The van der Waals surface area contributed by atoms with Gasteiger partial charge in [0.2, 0.25) is 0 Å². The van der Waals surface area contributed by atoms with Gasteiger partial charge in [-0.2, -0.15) is 0 Å². The third kappa shape index (κ3) is 4.01. The van der Waals surface area contributed by atoms with E-state index in [2.05, 4.69) is 24.1 Å². The van der Waals surface area contributed by atoms with E-state index in [0.29, 0.717) is 6.61 Å². The zero-order valence-corrected chi connectivity index (χ0v) is 10.7. The molecule has 0 aromatic carbocycles. The minimum atomic E-state index is -0.189. The van der Waals surface area contributed by atoms with E-state index >= 15 is 0 Å². The minimum absolute atomic E-state index is 0.172. The lowest BCUT2D eigenvalue weighted by atomic mass is 9.93. The van der Waals surface area contributed by atoms with Crippen LogP contribution >= 0.6 is 0 Å². The quantitative estimate of drug-likeness (QED) is 0.667. The molecule has 2 N–H and O–H groups in total. The van der Waals surface area contributed by atoms with Gasteiger partial charge < -0.3 is 20.1 Å². The number of hydrogen-bond acceptors (Lipinski definition) is 4. The van der Waals surface area contributed by atoms with Crippen molar-refractivity contribution in [3.05, 3.63) is 0 Å². The largest absolute Gasteiger partial charge is 0.394 e. The Kier molecular flexibility index (Phi) is 6.28. The first kappa shape index (κ1) is 13.9. The van der Waals surface area contributed by atoms with Crippen LogP contribution in [-0.2, 0) is 4.74 Å². The average molecular weight is 230 g/mol. The average Bonchev–Trinajstić information content (AvgIpc) is 2.36. The molecule has 1 saturated heterocycles. The molecule has 1 atom stereocenters. The van der Waals surface area contributed by atoms with Crippen molar-refractivity contribution in [2.75, 3.05) is 46.0 Å². The summed E-state index contributed by atoms with van der Waals surface area (Å²) in [5, 5.41) is 12.9. The molecule has 1 aliphatic heterocycles. The number of aliphatic hydroxyl groups is 1. The molecule has 4 heteroatoms. The molecule has 0 aromatic heterocycles. The Morgan fingerprint density at radius 1 is 1.38 bits per heavy atom. The van der Waals surface area contributed by atoms with Gasteiger partial charge in [-0.15, -0.1) is 0 Å². The van der Waals surface area contributed by atoms with Crippen LogP contribution in [0.4, 0.5) is 0 Å². The van der Waals surface area contributed by atoms with Gasteiger partial charge in [-0.3, -0.25) is 0 Å². The Hall–Kier alpha value is -0.160. The van der Waals surface area contributed by atoms with E-state index in [9.17, 15) is 5.11 Å². The maximum Gasteiger partial charge on any atom is 0.0670 e. The molecule has 0 spiro atoms. The van der Waals surface area contributed by atoms with Crippen molar-refractivity contribution in [3.63, 3.8) is 0 Å². The zero-order chi connectivity index (χ0) is 11.9. The third-order valence-electron chi connectivity index (χ3n) is 3.45. The van der Waals surface area contributed by atoms with E-state index in [1.165, 1.54) is 0 Å². The molecule has 1 heterocycles. The Morgan fingerprint density at radius 3 is 2.62 bits per heavy atom. The van der Waals surface area contributed by atoms with E-state index in [1.807, 2.05) is 0 Å². The highest BCUT2D eigenvalue weighted by atomic mass is 16.5. The molecule has 0 amide bonds. The maximum atomic E-state index is 9.47. The summed E-state index contributed by atoms with van der Waals surface area (Å²) in [6, 6.07) is 0. The van der Waals surface area contributed by atoms with Crippen LogP contribution in [0.1, 0.15) is 26.7 Å². The molecule has 0 radical (unpaired) electrons. The lowest BCUT2D eigenvalue weighted by molar-refractivity contribution is -0.00791. The molecule has 1 aliphatic rings. The van der Waals surface area contributed by atoms with Crippen LogP contribution in [0.5, 0.6) is 0 Å². The van der Waals surface area contributed by atoms with Crippen LogP contribution in [0.15, 0.2) is 0 Å². The molecular weight excluding hydrogens is 204 g/mol. The van der Waals surface area contributed by atoms with Crippen LogP contribution in [0.2, 0.25) is 0 Å². The second-order valence-corrected chi connectivity index (χ2v) is 4.55. The highest BCUT2D eigenvalue weighted by molar-refractivity contribution is 4.89. The standard InChI is InChI=1S/C12H26N2O2/c1-3-14(4-2)8-7-13-12(10-15)6-5-9-16-11-12/h13,15H,3-11H2,1-2H3. The van der Waals surface area contributed by atoms with Gasteiger partial charge in [0.05, 0.1) is 18.8 Å². The number of rotatable bonds is 7. The van der Waals surface area contributed by atoms with E-state index < -0.39 is 0 Å². The molecular formula is C12H26N2O2. The van der Waals surface area contributed by atoms with Gasteiger partial charge in [0, 0.05) is 19.7 Å². The fourth-order valence-electron chi connectivity index (χ4n) is 2.19. The first-order valence-electron chi connectivity index (χ1n) is 6.42. The van der Waals surface area contributed by atoms with Gasteiger partial charge >= 0.3 is 0 Å². The third-order valence-corrected chi connectivity index (χ3v) is 3.45. The van der Waals surface area contributed by atoms with Crippen molar-refractivity contribution >= 4 is 0 Å². The van der Waals surface area contributed by atoms with E-state index in [1.54, 1.807) is 0 Å². The summed E-state index contributed by atoms with van der Waals surface area (Å²) in [6.45, 7) is 10.1. The number of aliphatic hydroxyl groups excluding tert-OH is 1. The number of hydrogen-bond donors (Lipinski definition) is 2. The zero-order valence-electron chi connectivity index (χ0n) is 10.7. The van der Waals surface area contributed by atoms with Crippen molar-refractivity contribution in [3.8, 4) is 0 Å². The van der Waals surface area contributed by atoms with Crippen LogP contribution in [0.25, 0.3) is 0 Å². The number of ether oxygens (including phenoxy) is 1. The lowest BCUT2D eigenvalue weighted by Gasteiger charge is -2.37. The van der Waals surface area contributed by atoms with Gasteiger partial charge in [-0.25, -0.2) is 0 Å². The van der Waals surface area contributed by atoms with E-state index in [4.69, 9.17) is 4.74 Å². The number of nitrogens with one attached hydrogen (secondary N) is 1. The fraction of sp³-hybridized carbons (Fsp3) is 1.00. The molecule has 0 saturated carbocycles. The fourth-order valence-corrected chi connectivity index (χ4v) is 2.19. The second-order valence-electron chi connectivity index (χ2n) is 4.55. The van der Waals surface area contributed by atoms with Crippen LogP contribution in [-0.4, -0.2) is 61.5 Å². The summed E-state index contributed by atoms with van der Waals surface area (Å²) in [4.78, 5) is 2.38. The second kappa shape index (κ2) is 7.22. The van der Waals surface area contributed by atoms with Gasteiger partial charge in [-0.1, -0.05) is 13.8 Å². The Balaban J connectivity index is 2.27. The molecule has 1 unspecified atom stereocenters. The maximum absolute atomic E-state index is 9.47. The van der Waals surface area contributed by atoms with E-state index in [-0.39, 0.29) is 12.1 Å². The first-order valence-corrected chi connectivity index (χ1v) is 6.42. The summed E-state index contributed by atoms with van der Waals surface area (Å²) in [5.74, 6) is 0. The predicted octanol–water partition coefficient (Wildman–Crippen LogP) is 0.459. The van der Waals surface area contributed by atoms with Crippen molar-refractivity contribution < 1.29 is 9.84 Å². The van der Waals surface area contributed by atoms with Crippen LogP contribution in [0.3, 0.4) is 0 Å². The van der Waals surface area contributed by atoms with Crippen LogP contribution < -0.4 is 5.32 Å². The molecule has 4 nitrogen and oxygen atoms in total. The molecule has 1 fully saturated rings. The monoisotopic (exact) mass is 230 g/mol. The van der Waals surface area contributed by atoms with Crippen molar-refractivity contribution in [1.29, 1.82) is 0 Å². The van der Waals surface area contributed by atoms with Crippen molar-refractivity contribution in [1.82, 2.24) is 10.2 Å². The highest BCUT2D eigenvalue weighted by Crippen LogP contribution is 2.18. The molecule has 0 aromatic rings. The summed E-state index contributed by atoms with van der Waals surface area (Å²) < 4.78 is 5.45. The summed E-state index contributed by atoms with van der Waals surface area (Å²) in [5.41, 5.74) is -0.189. The van der Waals surface area contributed by atoms with Gasteiger partial charge in [0.25, 0.3) is 0 Å². The molecule has 16 heavy (non-hydrogen) atoms. The summed E-state index contributed by atoms with van der Waals surface area (Å²) in [7, 11) is 0. The Morgan fingerprint density at radius 2 is 2.12 bits per heavy atom.